The average Bonchev–Trinajstić information content (AvgIpc) is 2.41. The summed E-state index contributed by atoms with van der Waals surface area (Å²) in [6, 6.07) is -0.304. The number of unbranched alkanes of at least 4 members (excludes halogenated alkanes) is 2. The summed E-state index contributed by atoms with van der Waals surface area (Å²) in [7, 11) is 0. The lowest BCUT2D eigenvalue weighted by atomic mass is 10.2. The van der Waals surface area contributed by atoms with Crippen LogP contribution < -0.4 is 10.6 Å². The summed E-state index contributed by atoms with van der Waals surface area (Å²) in [6.07, 6.45) is 2.45. The molecule has 0 aromatic rings. The second-order valence-electron chi connectivity index (χ2n) is 4.50. The maximum atomic E-state index is 11.4. The van der Waals surface area contributed by atoms with Crippen molar-refractivity contribution in [3.05, 3.63) is 12.2 Å². The molecular formula is C14H24N2O5. The topological polar surface area (TPSA) is 93.7 Å². The molecule has 0 bridgehead atoms. The van der Waals surface area contributed by atoms with Gasteiger partial charge >= 0.3 is 18.0 Å². The molecule has 0 aromatic heterocycles. The summed E-state index contributed by atoms with van der Waals surface area (Å²) in [4.78, 5) is 32.9. The molecule has 0 heterocycles. The van der Waals surface area contributed by atoms with Gasteiger partial charge in [-0.1, -0.05) is 6.58 Å². The molecule has 0 unspecified atom stereocenters. The second-order valence-corrected chi connectivity index (χ2v) is 4.50. The highest BCUT2D eigenvalue weighted by Gasteiger charge is 2.03. The van der Waals surface area contributed by atoms with Crippen molar-refractivity contribution in [1.29, 1.82) is 0 Å². The van der Waals surface area contributed by atoms with E-state index in [4.69, 9.17) is 9.47 Å². The van der Waals surface area contributed by atoms with Crippen LogP contribution in [0.2, 0.25) is 0 Å². The van der Waals surface area contributed by atoms with Gasteiger partial charge in [-0.15, -0.1) is 0 Å². The molecule has 0 spiro atoms. The Morgan fingerprint density at radius 2 is 1.57 bits per heavy atom. The number of carbonyl (C=O) groups is 3. The molecule has 0 rings (SSSR count). The summed E-state index contributed by atoms with van der Waals surface area (Å²) in [5, 5.41) is 5.25. The number of hydrogen-bond donors (Lipinski definition) is 2. The lowest BCUT2D eigenvalue weighted by molar-refractivity contribution is -0.141. The Bertz CT molecular complexity index is 368. The van der Waals surface area contributed by atoms with E-state index in [1.807, 2.05) is 0 Å². The van der Waals surface area contributed by atoms with Crippen LogP contribution in [0.4, 0.5) is 4.79 Å². The smallest absolute Gasteiger partial charge is 0.333 e. The number of amides is 2. The van der Waals surface area contributed by atoms with Gasteiger partial charge in [0.1, 0.15) is 6.61 Å². The minimum atomic E-state index is -0.468. The van der Waals surface area contributed by atoms with Crippen LogP contribution in [-0.2, 0) is 19.1 Å². The number of nitrogens with one attached hydrogen (secondary N) is 2. The van der Waals surface area contributed by atoms with Crippen LogP contribution in [0.3, 0.4) is 0 Å². The lowest BCUT2D eigenvalue weighted by Crippen LogP contribution is -2.38. The van der Waals surface area contributed by atoms with Crippen molar-refractivity contribution >= 4 is 18.0 Å². The van der Waals surface area contributed by atoms with Crippen molar-refractivity contribution in [1.82, 2.24) is 10.6 Å². The molecule has 0 aliphatic heterocycles. The Kier molecular flexibility index (Phi) is 10.6. The standard InChI is InChI=1S/C14H24N2O5/c1-11(2)13(18)21-10-8-16-14(19)15-7-5-4-6-9-20-12(3)17/h1,4-10H2,2-3H3,(H2,15,16,19). The van der Waals surface area contributed by atoms with Crippen molar-refractivity contribution in [2.24, 2.45) is 0 Å². The van der Waals surface area contributed by atoms with Crippen LogP contribution in [0.25, 0.3) is 0 Å². The SMILES string of the molecule is C=C(C)C(=O)OCCNC(=O)NCCCCCOC(C)=O. The third-order valence-corrected chi connectivity index (χ3v) is 2.38. The Balaban J connectivity index is 3.37. The summed E-state index contributed by atoms with van der Waals surface area (Å²) in [6.45, 7) is 7.69. The minimum absolute atomic E-state index is 0.113. The number of ether oxygens (including phenoxy) is 2. The van der Waals surface area contributed by atoms with E-state index in [-0.39, 0.29) is 25.2 Å². The highest BCUT2D eigenvalue weighted by molar-refractivity contribution is 5.86. The fraction of sp³-hybridized carbons (Fsp3) is 0.643. The van der Waals surface area contributed by atoms with Gasteiger partial charge in [0.25, 0.3) is 0 Å². The van der Waals surface area contributed by atoms with Crippen molar-refractivity contribution in [2.45, 2.75) is 33.1 Å². The van der Waals surface area contributed by atoms with Gasteiger partial charge in [0.15, 0.2) is 0 Å². The molecule has 0 saturated heterocycles. The summed E-state index contributed by atoms with van der Waals surface area (Å²) in [5.41, 5.74) is 0.327. The molecule has 2 amide bonds. The first-order chi connectivity index (χ1) is 9.93. The fourth-order valence-corrected chi connectivity index (χ4v) is 1.32. The molecule has 120 valence electrons. The second kappa shape index (κ2) is 11.7. The molecule has 2 N–H and O–H groups in total. The van der Waals surface area contributed by atoms with Crippen molar-refractivity contribution < 1.29 is 23.9 Å². The Morgan fingerprint density at radius 3 is 2.19 bits per heavy atom. The molecule has 0 saturated carbocycles. The number of esters is 2. The van der Waals surface area contributed by atoms with E-state index in [9.17, 15) is 14.4 Å². The van der Waals surface area contributed by atoms with Gasteiger partial charge in [-0.25, -0.2) is 9.59 Å². The molecule has 0 aromatic carbocycles. The Hall–Kier alpha value is -2.05. The molecular weight excluding hydrogens is 276 g/mol. The lowest BCUT2D eigenvalue weighted by Gasteiger charge is -2.08. The van der Waals surface area contributed by atoms with Gasteiger partial charge in [-0.2, -0.15) is 0 Å². The zero-order valence-electron chi connectivity index (χ0n) is 12.7. The quantitative estimate of drug-likeness (QED) is 0.358. The van der Waals surface area contributed by atoms with E-state index in [1.54, 1.807) is 6.92 Å². The van der Waals surface area contributed by atoms with Gasteiger partial charge in [0.05, 0.1) is 13.2 Å². The third kappa shape index (κ3) is 12.7. The number of urea groups is 1. The third-order valence-electron chi connectivity index (χ3n) is 2.38. The van der Waals surface area contributed by atoms with Crippen LogP contribution in [0, 0.1) is 0 Å². The van der Waals surface area contributed by atoms with Gasteiger partial charge < -0.3 is 20.1 Å². The maximum absolute atomic E-state index is 11.4. The predicted molar refractivity (Wildman–Crippen MR) is 77.7 cm³/mol. The summed E-state index contributed by atoms with van der Waals surface area (Å²) >= 11 is 0. The van der Waals surface area contributed by atoms with E-state index >= 15 is 0 Å². The molecule has 0 aliphatic carbocycles. The summed E-state index contributed by atoms with van der Waals surface area (Å²) < 4.78 is 9.61. The fourth-order valence-electron chi connectivity index (χ4n) is 1.32. The highest BCUT2D eigenvalue weighted by atomic mass is 16.5. The molecule has 7 heteroatoms. The molecule has 7 nitrogen and oxygen atoms in total. The highest BCUT2D eigenvalue weighted by Crippen LogP contribution is 1.95. The average molecular weight is 300 g/mol. The zero-order chi connectivity index (χ0) is 16.1. The van der Waals surface area contributed by atoms with E-state index < -0.39 is 5.97 Å². The van der Waals surface area contributed by atoms with Crippen molar-refractivity contribution in [3.63, 3.8) is 0 Å². The van der Waals surface area contributed by atoms with E-state index in [0.717, 1.165) is 19.3 Å². The zero-order valence-corrected chi connectivity index (χ0v) is 12.7. The summed E-state index contributed by atoms with van der Waals surface area (Å²) in [5.74, 6) is -0.746. The first-order valence-electron chi connectivity index (χ1n) is 6.91. The van der Waals surface area contributed by atoms with Gasteiger partial charge in [-0.3, -0.25) is 4.79 Å². The van der Waals surface area contributed by atoms with Crippen LogP contribution in [-0.4, -0.2) is 44.3 Å². The van der Waals surface area contributed by atoms with E-state index in [2.05, 4.69) is 17.2 Å². The molecule has 0 atom stereocenters. The number of carbonyl (C=O) groups excluding carboxylic acids is 3. The van der Waals surface area contributed by atoms with Crippen LogP contribution in [0.5, 0.6) is 0 Å². The molecule has 0 aliphatic rings. The minimum Gasteiger partial charge on any atom is -0.466 e. The van der Waals surface area contributed by atoms with Crippen LogP contribution >= 0.6 is 0 Å². The van der Waals surface area contributed by atoms with Crippen LogP contribution in [0.1, 0.15) is 33.1 Å². The predicted octanol–water partition coefficient (Wildman–Crippen LogP) is 1.14. The monoisotopic (exact) mass is 300 g/mol. The van der Waals surface area contributed by atoms with Crippen molar-refractivity contribution in [2.75, 3.05) is 26.3 Å². The Labute approximate surface area is 125 Å². The normalized spacial score (nSPS) is 9.62. The van der Waals surface area contributed by atoms with Crippen LogP contribution in [0.15, 0.2) is 12.2 Å². The molecule has 0 radical (unpaired) electrons. The molecule has 21 heavy (non-hydrogen) atoms. The number of rotatable bonds is 10. The number of hydrogen-bond acceptors (Lipinski definition) is 5. The van der Waals surface area contributed by atoms with Crippen molar-refractivity contribution in [3.8, 4) is 0 Å². The molecule has 0 fully saturated rings. The van der Waals surface area contributed by atoms with E-state index in [1.165, 1.54) is 6.92 Å². The van der Waals surface area contributed by atoms with Gasteiger partial charge in [0.2, 0.25) is 0 Å². The largest absolute Gasteiger partial charge is 0.466 e. The Morgan fingerprint density at radius 1 is 0.905 bits per heavy atom. The first kappa shape index (κ1) is 18.9. The van der Waals surface area contributed by atoms with Gasteiger partial charge in [-0.05, 0) is 26.2 Å². The van der Waals surface area contributed by atoms with Gasteiger partial charge in [0, 0.05) is 19.0 Å². The first-order valence-corrected chi connectivity index (χ1v) is 6.91. The maximum Gasteiger partial charge on any atom is 0.333 e. The van der Waals surface area contributed by atoms with E-state index in [0.29, 0.717) is 18.7 Å².